The highest BCUT2D eigenvalue weighted by Gasteiger charge is 2.38. The van der Waals surface area contributed by atoms with Gasteiger partial charge in [0.25, 0.3) is 0 Å². The molecule has 1 saturated heterocycles. The predicted molar refractivity (Wildman–Crippen MR) is 53.8 cm³/mol. The fraction of sp³-hybridized carbons (Fsp3) is 1.00. The average molecular weight is 186 g/mol. The summed E-state index contributed by atoms with van der Waals surface area (Å²) in [6.45, 7) is 8.83. The van der Waals surface area contributed by atoms with Gasteiger partial charge in [0.2, 0.25) is 0 Å². The minimum absolute atomic E-state index is 0.274. The molecule has 2 heteroatoms. The molecule has 1 fully saturated rings. The van der Waals surface area contributed by atoms with Gasteiger partial charge in [-0.1, -0.05) is 20.8 Å². The molecule has 0 aromatic carbocycles. The van der Waals surface area contributed by atoms with Gasteiger partial charge in [-0.25, -0.2) is 0 Å². The van der Waals surface area contributed by atoms with Crippen LogP contribution < -0.4 is 0 Å². The van der Waals surface area contributed by atoms with Crippen molar-refractivity contribution in [3.63, 3.8) is 0 Å². The molecule has 2 unspecified atom stereocenters. The highest BCUT2D eigenvalue weighted by molar-refractivity contribution is 4.86. The summed E-state index contributed by atoms with van der Waals surface area (Å²) in [4.78, 5) is 0. The van der Waals surface area contributed by atoms with Crippen molar-refractivity contribution in [3.8, 4) is 0 Å². The van der Waals surface area contributed by atoms with Crippen LogP contribution in [0, 0.1) is 11.8 Å². The zero-order valence-electron chi connectivity index (χ0n) is 9.41. The molecule has 1 aliphatic heterocycles. The van der Waals surface area contributed by atoms with Crippen molar-refractivity contribution >= 4 is 0 Å². The molecule has 0 spiro atoms. The standard InChI is InChI=1S/C11H22O2/c1-6-10-11(12-5)8(3)7(2)9(4)13-10/h7-11H,6H2,1-5H3/t7?,8-,9+,10?,11-/m1/s1. The van der Waals surface area contributed by atoms with Gasteiger partial charge in [-0.3, -0.25) is 0 Å². The molecule has 0 amide bonds. The second-order valence-corrected chi connectivity index (χ2v) is 4.21. The van der Waals surface area contributed by atoms with Gasteiger partial charge >= 0.3 is 0 Å². The number of hydrogen-bond donors (Lipinski definition) is 0. The van der Waals surface area contributed by atoms with Crippen molar-refractivity contribution in [3.05, 3.63) is 0 Å². The monoisotopic (exact) mass is 186 g/mol. The molecule has 0 aromatic rings. The fourth-order valence-corrected chi connectivity index (χ4v) is 2.24. The maximum Gasteiger partial charge on any atom is 0.0861 e. The van der Waals surface area contributed by atoms with Gasteiger partial charge in [-0.15, -0.1) is 0 Å². The summed E-state index contributed by atoms with van der Waals surface area (Å²) in [7, 11) is 1.79. The van der Waals surface area contributed by atoms with E-state index in [1.54, 1.807) is 7.11 Å². The lowest BCUT2D eigenvalue weighted by atomic mass is 9.81. The van der Waals surface area contributed by atoms with E-state index in [2.05, 4.69) is 27.7 Å². The van der Waals surface area contributed by atoms with E-state index in [-0.39, 0.29) is 12.2 Å². The Morgan fingerprint density at radius 2 is 1.77 bits per heavy atom. The molecular formula is C11H22O2. The largest absolute Gasteiger partial charge is 0.378 e. The van der Waals surface area contributed by atoms with E-state index in [1.807, 2.05) is 0 Å². The Hall–Kier alpha value is -0.0800. The molecular weight excluding hydrogens is 164 g/mol. The van der Waals surface area contributed by atoms with Crippen molar-refractivity contribution in [2.75, 3.05) is 7.11 Å². The molecule has 13 heavy (non-hydrogen) atoms. The fourth-order valence-electron chi connectivity index (χ4n) is 2.24. The van der Waals surface area contributed by atoms with E-state index in [1.165, 1.54) is 0 Å². The molecule has 1 aliphatic rings. The van der Waals surface area contributed by atoms with Crippen LogP contribution in [0.25, 0.3) is 0 Å². The van der Waals surface area contributed by atoms with Crippen LogP contribution in [0.1, 0.15) is 34.1 Å². The third kappa shape index (κ3) is 2.05. The van der Waals surface area contributed by atoms with Gasteiger partial charge in [0.05, 0.1) is 18.3 Å². The lowest BCUT2D eigenvalue weighted by Crippen LogP contribution is -2.48. The minimum Gasteiger partial charge on any atom is -0.378 e. The topological polar surface area (TPSA) is 18.5 Å². The molecule has 1 rings (SSSR count). The van der Waals surface area contributed by atoms with Crippen LogP contribution in [0.5, 0.6) is 0 Å². The quantitative estimate of drug-likeness (QED) is 0.659. The van der Waals surface area contributed by atoms with Gasteiger partial charge < -0.3 is 9.47 Å². The van der Waals surface area contributed by atoms with Crippen LogP contribution in [-0.2, 0) is 9.47 Å². The predicted octanol–water partition coefficient (Wildman–Crippen LogP) is 2.47. The summed E-state index contributed by atoms with van der Waals surface area (Å²) >= 11 is 0. The van der Waals surface area contributed by atoms with E-state index in [0.29, 0.717) is 17.9 Å². The van der Waals surface area contributed by atoms with Crippen molar-refractivity contribution in [1.29, 1.82) is 0 Å². The smallest absolute Gasteiger partial charge is 0.0861 e. The Balaban J connectivity index is 2.69. The van der Waals surface area contributed by atoms with E-state index < -0.39 is 0 Å². The summed E-state index contributed by atoms with van der Waals surface area (Å²) in [5.41, 5.74) is 0. The van der Waals surface area contributed by atoms with Gasteiger partial charge in [0.1, 0.15) is 0 Å². The molecule has 5 atom stereocenters. The lowest BCUT2D eigenvalue weighted by Gasteiger charge is -2.43. The molecule has 0 N–H and O–H groups in total. The molecule has 0 saturated carbocycles. The Morgan fingerprint density at radius 3 is 2.23 bits per heavy atom. The summed E-state index contributed by atoms with van der Waals surface area (Å²) in [6.07, 6.45) is 1.97. The molecule has 0 aromatic heterocycles. The van der Waals surface area contributed by atoms with E-state index >= 15 is 0 Å². The summed E-state index contributed by atoms with van der Waals surface area (Å²) in [5.74, 6) is 1.19. The van der Waals surface area contributed by atoms with Crippen molar-refractivity contribution < 1.29 is 9.47 Å². The highest BCUT2D eigenvalue weighted by Crippen LogP contribution is 2.33. The van der Waals surface area contributed by atoms with Crippen molar-refractivity contribution in [1.82, 2.24) is 0 Å². The van der Waals surface area contributed by atoms with Crippen LogP contribution >= 0.6 is 0 Å². The summed E-state index contributed by atoms with van der Waals surface area (Å²) < 4.78 is 11.4. The summed E-state index contributed by atoms with van der Waals surface area (Å²) in [6, 6.07) is 0. The third-order valence-corrected chi connectivity index (χ3v) is 3.52. The van der Waals surface area contributed by atoms with Crippen LogP contribution in [0.4, 0.5) is 0 Å². The maximum absolute atomic E-state index is 5.90. The zero-order valence-corrected chi connectivity index (χ0v) is 9.41. The number of hydrogen-bond acceptors (Lipinski definition) is 2. The van der Waals surface area contributed by atoms with Gasteiger partial charge in [0, 0.05) is 7.11 Å². The Labute approximate surface area is 81.6 Å². The first-order valence-corrected chi connectivity index (χ1v) is 5.30. The first-order valence-electron chi connectivity index (χ1n) is 5.30. The number of ether oxygens (including phenoxy) is 2. The maximum atomic E-state index is 5.90. The van der Waals surface area contributed by atoms with Crippen LogP contribution in [-0.4, -0.2) is 25.4 Å². The molecule has 0 bridgehead atoms. The van der Waals surface area contributed by atoms with E-state index in [4.69, 9.17) is 9.47 Å². The molecule has 2 nitrogen and oxygen atoms in total. The van der Waals surface area contributed by atoms with Crippen LogP contribution in [0.15, 0.2) is 0 Å². The first-order chi connectivity index (χ1) is 6.11. The first kappa shape index (κ1) is 11.0. The number of methoxy groups -OCH3 is 1. The lowest BCUT2D eigenvalue weighted by molar-refractivity contribution is -0.172. The second-order valence-electron chi connectivity index (χ2n) is 4.21. The molecule has 1 heterocycles. The van der Waals surface area contributed by atoms with E-state index in [9.17, 15) is 0 Å². The average Bonchev–Trinajstić information content (AvgIpc) is 2.13. The normalized spacial score (nSPS) is 46.4. The van der Waals surface area contributed by atoms with Gasteiger partial charge in [0.15, 0.2) is 0 Å². The molecule has 0 radical (unpaired) electrons. The molecule has 0 aliphatic carbocycles. The third-order valence-electron chi connectivity index (χ3n) is 3.52. The Bertz CT molecular complexity index is 156. The second kappa shape index (κ2) is 4.43. The van der Waals surface area contributed by atoms with Crippen LogP contribution in [0.2, 0.25) is 0 Å². The van der Waals surface area contributed by atoms with E-state index in [0.717, 1.165) is 6.42 Å². The van der Waals surface area contributed by atoms with Gasteiger partial charge in [-0.05, 0) is 25.2 Å². The van der Waals surface area contributed by atoms with Crippen molar-refractivity contribution in [2.45, 2.75) is 52.4 Å². The Morgan fingerprint density at radius 1 is 1.15 bits per heavy atom. The molecule has 78 valence electrons. The highest BCUT2D eigenvalue weighted by atomic mass is 16.5. The SMILES string of the molecule is CCC1O[C@@H](C)C(C)[C@@H](C)[C@H]1OC. The minimum atomic E-state index is 0.274. The van der Waals surface area contributed by atoms with Gasteiger partial charge in [-0.2, -0.15) is 0 Å². The number of rotatable bonds is 2. The zero-order chi connectivity index (χ0) is 10.0. The van der Waals surface area contributed by atoms with Crippen LogP contribution in [0.3, 0.4) is 0 Å². The summed E-state index contributed by atoms with van der Waals surface area (Å²) in [5, 5.41) is 0. The Kier molecular flexibility index (Phi) is 3.74. The van der Waals surface area contributed by atoms with Crippen molar-refractivity contribution in [2.24, 2.45) is 11.8 Å².